The van der Waals surface area contributed by atoms with E-state index in [1.54, 1.807) is 18.2 Å². The molecule has 3 aromatic rings. The van der Waals surface area contributed by atoms with Crippen LogP contribution in [0.3, 0.4) is 0 Å². The van der Waals surface area contributed by atoms with Crippen molar-refractivity contribution in [3.8, 4) is 0 Å². The zero-order chi connectivity index (χ0) is 13.1. The summed E-state index contributed by atoms with van der Waals surface area (Å²) in [7, 11) is 0. The standard InChI is InChI=1S/C15H10N2O2/c18-15-9-6-11-10-13(7-8-14(11)19-15)17-16-12-4-2-1-3-5-12/h1-10H. The largest absolute Gasteiger partial charge is 0.423 e. The molecular formula is C15H10N2O2. The molecule has 0 aliphatic rings. The second-order valence-corrected chi connectivity index (χ2v) is 4.01. The number of nitrogens with zero attached hydrogens (tertiary/aromatic N) is 2. The first-order chi connectivity index (χ1) is 9.31. The van der Waals surface area contributed by atoms with Gasteiger partial charge in [0.05, 0.1) is 11.4 Å². The van der Waals surface area contributed by atoms with Crippen molar-refractivity contribution in [2.45, 2.75) is 0 Å². The quantitative estimate of drug-likeness (QED) is 0.505. The zero-order valence-corrected chi connectivity index (χ0v) is 9.98. The third kappa shape index (κ3) is 2.57. The van der Waals surface area contributed by atoms with Crippen LogP contribution in [0.15, 0.2) is 80.1 Å². The maximum absolute atomic E-state index is 11.1. The first-order valence-electron chi connectivity index (χ1n) is 5.82. The van der Waals surface area contributed by atoms with Gasteiger partial charge in [0.1, 0.15) is 5.58 Å². The highest BCUT2D eigenvalue weighted by molar-refractivity contribution is 5.79. The molecule has 0 unspecified atom stereocenters. The molecule has 4 heteroatoms. The van der Waals surface area contributed by atoms with Crippen LogP contribution >= 0.6 is 0 Å². The lowest BCUT2D eigenvalue weighted by molar-refractivity contribution is 0.561. The number of hydrogen-bond donors (Lipinski definition) is 0. The van der Waals surface area contributed by atoms with Gasteiger partial charge in [-0.05, 0) is 36.4 Å². The molecule has 0 saturated carbocycles. The summed E-state index contributed by atoms with van der Waals surface area (Å²) >= 11 is 0. The van der Waals surface area contributed by atoms with Crippen LogP contribution in [-0.4, -0.2) is 0 Å². The Morgan fingerprint density at radius 3 is 2.42 bits per heavy atom. The Balaban J connectivity index is 1.96. The smallest absolute Gasteiger partial charge is 0.336 e. The zero-order valence-electron chi connectivity index (χ0n) is 9.98. The lowest BCUT2D eigenvalue weighted by Crippen LogP contribution is -1.93. The van der Waals surface area contributed by atoms with Crippen molar-refractivity contribution in [2.75, 3.05) is 0 Å². The van der Waals surface area contributed by atoms with E-state index in [4.69, 9.17) is 4.42 Å². The van der Waals surface area contributed by atoms with E-state index in [0.717, 1.165) is 11.1 Å². The van der Waals surface area contributed by atoms with Gasteiger partial charge in [0.15, 0.2) is 0 Å². The molecule has 4 nitrogen and oxygen atoms in total. The lowest BCUT2D eigenvalue weighted by Gasteiger charge is -1.97. The van der Waals surface area contributed by atoms with Crippen molar-refractivity contribution in [3.63, 3.8) is 0 Å². The highest BCUT2D eigenvalue weighted by Crippen LogP contribution is 2.22. The Kier molecular flexibility index (Phi) is 2.90. The van der Waals surface area contributed by atoms with Crippen LogP contribution in [-0.2, 0) is 0 Å². The molecule has 2 aromatic carbocycles. The average Bonchev–Trinajstić information content (AvgIpc) is 2.46. The van der Waals surface area contributed by atoms with Crippen LogP contribution in [0.4, 0.5) is 11.4 Å². The summed E-state index contributed by atoms with van der Waals surface area (Å²) in [5, 5.41) is 9.11. The molecule has 92 valence electrons. The fourth-order valence-electron chi connectivity index (χ4n) is 1.73. The van der Waals surface area contributed by atoms with Crippen molar-refractivity contribution in [1.82, 2.24) is 0 Å². The molecular weight excluding hydrogens is 240 g/mol. The molecule has 0 saturated heterocycles. The fraction of sp³-hybridized carbons (Fsp3) is 0. The van der Waals surface area contributed by atoms with E-state index in [1.807, 2.05) is 36.4 Å². The van der Waals surface area contributed by atoms with E-state index < -0.39 is 0 Å². The van der Waals surface area contributed by atoms with Gasteiger partial charge in [-0.3, -0.25) is 0 Å². The van der Waals surface area contributed by atoms with Crippen LogP contribution in [0, 0.1) is 0 Å². The van der Waals surface area contributed by atoms with E-state index >= 15 is 0 Å². The van der Waals surface area contributed by atoms with E-state index in [1.165, 1.54) is 6.07 Å². The van der Waals surface area contributed by atoms with Crippen molar-refractivity contribution in [1.29, 1.82) is 0 Å². The predicted octanol–water partition coefficient (Wildman–Crippen LogP) is 4.21. The van der Waals surface area contributed by atoms with Crippen molar-refractivity contribution in [2.24, 2.45) is 10.2 Å². The van der Waals surface area contributed by atoms with Crippen LogP contribution in [0.1, 0.15) is 0 Å². The third-order valence-corrected chi connectivity index (χ3v) is 2.64. The maximum Gasteiger partial charge on any atom is 0.336 e. The van der Waals surface area contributed by atoms with E-state index in [-0.39, 0.29) is 5.63 Å². The summed E-state index contributed by atoms with van der Waals surface area (Å²) in [5.74, 6) is 0. The van der Waals surface area contributed by atoms with E-state index in [2.05, 4.69) is 10.2 Å². The molecule has 0 amide bonds. The molecule has 0 spiro atoms. The molecule has 1 aromatic heterocycles. The number of rotatable bonds is 2. The minimum absolute atomic E-state index is 0.355. The molecule has 0 N–H and O–H groups in total. The lowest BCUT2D eigenvalue weighted by atomic mass is 10.2. The Morgan fingerprint density at radius 2 is 1.58 bits per heavy atom. The molecule has 0 atom stereocenters. The van der Waals surface area contributed by atoms with Gasteiger partial charge in [-0.25, -0.2) is 4.79 Å². The Hall–Kier alpha value is -2.75. The van der Waals surface area contributed by atoms with Gasteiger partial charge in [-0.2, -0.15) is 10.2 Å². The molecule has 0 aliphatic heterocycles. The molecule has 19 heavy (non-hydrogen) atoms. The minimum Gasteiger partial charge on any atom is -0.423 e. The summed E-state index contributed by atoms with van der Waals surface area (Å²) in [5.41, 5.74) is 1.70. The van der Waals surface area contributed by atoms with Gasteiger partial charge in [-0.1, -0.05) is 18.2 Å². The summed E-state index contributed by atoms with van der Waals surface area (Å²) in [6.07, 6.45) is 0. The summed E-state index contributed by atoms with van der Waals surface area (Å²) in [6, 6.07) is 17.9. The van der Waals surface area contributed by atoms with Gasteiger partial charge < -0.3 is 4.42 Å². The van der Waals surface area contributed by atoms with Gasteiger partial charge >= 0.3 is 5.63 Å². The Labute approximate surface area is 109 Å². The number of fused-ring (bicyclic) bond motifs is 1. The minimum atomic E-state index is -0.355. The van der Waals surface area contributed by atoms with E-state index in [0.29, 0.717) is 11.3 Å². The first kappa shape index (κ1) is 11.3. The van der Waals surface area contributed by atoms with Crippen molar-refractivity contribution in [3.05, 3.63) is 71.1 Å². The molecule has 0 aliphatic carbocycles. The molecule has 3 rings (SSSR count). The molecule has 1 heterocycles. The SMILES string of the molecule is O=c1ccc2cc(N=Nc3ccccc3)ccc2o1. The highest BCUT2D eigenvalue weighted by atomic mass is 16.4. The van der Waals surface area contributed by atoms with Gasteiger partial charge in [-0.15, -0.1) is 0 Å². The summed E-state index contributed by atoms with van der Waals surface area (Å²) in [6.45, 7) is 0. The van der Waals surface area contributed by atoms with Crippen LogP contribution in [0.2, 0.25) is 0 Å². The fourth-order valence-corrected chi connectivity index (χ4v) is 1.73. The third-order valence-electron chi connectivity index (χ3n) is 2.64. The van der Waals surface area contributed by atoms with Crippen molar-refractivity contribution < 1.29 is 4.42 Å². The van der Waals surface area contributed by atoms with Crippen molar-refractivity contribution >= 4 is 22.3 Å². The Morgan fingerprint density at radius 1 is 0.789 bits per heavy atom. The summed E-state index contributed by atoms with van der Waals surface area (Å²) in [4.78, 5) is 11.1. The van der Waals surface area contributed by atoms with Gasteiger partial charge in [0, 0.05) is 11.5 Å². The second-order valence-electron chi connectivity index (χ2n) is 4.01. The monoisotopic (exact) mass is 250 g/mol. The maximum atomic E-state index is 11.1. The van der Waals surface area contributed by atoms with Gasteiger partial charge in [0.2, 0.25) is 0 Å². The van der Waals surface area contributed by atoms with Crippen LogP contribution in [0.5, 0.6) is 0 Å². The molecule has 0 fully saturated rings. The van der Waals surface area contributed by atoms with Gasteiger partial charge in [0.25, 0.3) is 0 Å². The summed E-state index contributed by atoms with van der Waals surface area (Å²) < 4.78 is 5.05. The second kappa shape index (κ2) is 4.86. The number of azo groups is 1. The topological polar surface area (TPSA) is 54.9 Å². The van der Waals surface area contributed by atoms with Crippen LogP contribution in [0.25, 0.3) is 11.0 Å². The highest BCUT2D eigenvalue weighted by Gasteiger charge is 1.98. The normalized spacial score (nSPS) is 11.2. The number of benzene rings is 2. The van der Waals surface area contributed by atoms with E-state index in [9.17, 15) is 4.79 Å². The first-order valence-corrected chi connectivity index (χ1v) is 5.82. The number of hydrogen-bond acceptors (Lipinski definition) is 4. The molecule has 0 bridgehead atoms. The predicted molar refractivity (Wildman–Crippen MR) is 73.1 cm³/mol. The molecule has 0 radical (unpaired) electrons. The van der Waals surface area contributed by atoms with Crippen LogP contribution < -0.4 is 5.63 Å². The Bertz CT molecular complexity index is 792. The average molecular weight is 250 g/mol.